The molecule has 2 aromatic heterocycles. The van der Waals surface area contributed by atoms with Crippen molar-refractivity contribution < 1.29 is 14.3 Å². The molecule has 3 aliphatic heterocycles. The zero-order valence-corrected chi connectivity index (χ0v) is 18.6. The summed E-state index contributed by atoms with van der Waals surface area (Å²) in [5, 5.41) is 12.8. The van der Waals surface area contributed by atoms with Crippen molar-refractivity contribution in [2.24, 2.45) is 0 Å². The SMILES string of the molecule is Cc1cn2nc([C@@H]3CCCCN3C(=O)c3cccc4c3OCO4)cc2nc1N1CCC(=N)C1. The van der Waals surface area contributed by atoms with Crippen LogP contribution >= 0.6 is 0 Å². The summed E-state index contributed by atoms with van der Waals surface area (Å²) in [5.74, 6) is 1.99. The van der Waals surface area contributed by atoms with Crippen molar-refractivity contribution in [1.29, 1.82) is 5.41 Å². The van der Waals surface area contributed by atoms with E-state index in [1.165, 1.54) is 0 Å². The first-order valence-corrected chi connectivity index (χ1v) is 11.5. The maximum absolute atomic E-state index is 13.6. The van der Waals surface area contributed by atoms with Gasteiger partial charge in [-0.3, -0.25) is 4.79 Å². The molecule has 0 spiro atoms. The molecule has 2 saturated heterocycles. The molecule has 3 aliphatic rings. The maximum Gasteiger partial charge on any atom is 0.258 e. The molecule has 5 heterocycles. The van der Waals surface area contributed by atoms with Crippen LogP contribution in [0.15, 0.2) is 30.5 Å². The third-order valence-corrected chi connectivity index (χ3v) is 6.72. The number of nitrogens with zero attached hydrogens (tertiary/aromatic N) is 5. The summed E-state index contributed by atoms with van der Waals surface area (Å²) in [4.78, 5) is 22.5. The Morgan fingerprint density at radius 2 is 2.12 bits per heavy atom. The van der Waals surface area contributed by atoms with Gasteiger partial charge in [-0.25, -0.2) is 9.50 Å². The molecule has 9 heteroatoms. The Hall–Kier alpha value is -3.62. The summed E-state index contributed by atoms with van der Waals surface area (Å²) in [5.41, 5.74) is 3.92. The molecule has 33 heavy (non-hydrogen) atoms. The van der Waals surface area contributed by atoms with Gasteiger partial charge in [-0.1, -0.05) is 6.07 Å². The lowest BCUT2D eigenvalue weighted by atomic mass is 9.98. The van der Waals surface area contributed by atoms with Crippen molar-refractivity contribution in [3.63, 3.8) is 0 Å². The Morgan fingerprint density at radius 1 is 1.21 bits per heavy atom. The minimum absolute atomic E-state index is 0.0560. The molecule has 0 aliphatic carbocycles. The van der Waals surface area contributed by atoms with Crippen molar-refractivity contribution in [1.82, 2.24) is 19.5 Å². The number of nitrogens with one attached hydrogen (secondary N) is 1. The van der Waals surface area contributed by atoms with Crippen molar-refractivity contribution in [2.75, 3.05) is 31.3 Å². The van der Waals surface area contributed by atoms with Gasteiger partial charge in [0.05, 0.1) is 23.8 Å². The van der Waals surface area contributed by atoms with E-state index in [-0.39, 0.29) is 18.7 Å². The highest BCUT2D eigenvalue weighted by Gasteiger charge is 2.33. The van der Waals surface area contributed by atoms with Gasteiger partial charge in [-0.05, 0) is 38.3 Å². The van der Waals surface area contributed by atoms with Crippen LogP contribution < -0.4 is 14.4 Å². The van der Waals surface area contributed by atoms with E-state index in [1.807, 2.05) is 40.7 Å². The van der Waals surface area contributed by atoms with Crippen LogP contribution in [0.1, 0.15) is 53.3 Å². The number of hydrogen-bond donors (Lipinski definition) is 1. The molecule has 1 aromatic carbocycles. The molecule has 0 radical (unpaired) electrons. The van der Waals surface area contributed by atoms with Gasteiger partial charge >= 0.3 is 0 Å². The zero-order valence-electron chi connectivity index (χ0n) is 18.6. The Morgan fingerprint density at radius 3 is 2.97 bits per heavy atom. The molecule has 0 bridgehead atoms. The van der Waals surface area contributed by atoms with Crippen molar-refractivity contribution in [2.45, 2.75) is 38.6 Å². The normalized spacial score (nSPS) is 20.2. The van der Waals surface area contributed by atoms with Crippen LogP contribution in [0.25, 0.3) is 5.65 Å². The molecule has 3 aromatic rings. The van der Waals surface area contributed by atoms with E-state index in [9.17, 15) is 4.79 Å². The van der Waals surface area contributed by atoms with E-state index in [4.69, 9.17) is 25.0 Å². The number of likely N-dealkylation sites (tertiary alicyclic amines) is 1. The molecule has 2 fully saturated rings. The second-order valence-electron chi connectivity index (χ2n) is 8.94. The molecule has 1 amide bonds. The Balaban J connectivity index is 1.34. The first-order valence-electron chi connectivity index (χ1n) is 11.5. The average Bonchev–Trinajstić information content (AvgIpc) is 3.57. The third-order valence-electron chi connectivity index (χ3n) is 6.72. The number of ether oxygens (including phenoxy) is 2. The second kappa shape index (κ2) is 7.75. The molecule has 9 nitrogen and oxygen atoms in total. The third kappa shape index (κ3) is 3.39. The summed E-state index contributed by atoms with van der Waals surface area (Å²) >= 11 is 0. The first kappa shape index (κ1) is 20.0. The van der Waals surface area contributed by atoms with Gasteiger partial charge in [-0.15, -0.1) is 0 Å². The fourth-order valence-corrected chi connectivity index (χ4v) is 5.08. The minimum Gasteiger partial charge on any atom is -0.454 e. The van der Waals surface area contributed by atoms with Gasteiger partial charge in [0.2, 0.25) is 6.79 Å². The Bertz CT molecular complexity index is 1270. The number of anilines is 1. The van der Waals surface area contributed by atoms with Gasteiger partial charge in [0.1, 0.15) is 5.82 Å². The van der Waals surface area contributed by atoms with Crippen LogP contribution in [0.2, 0.25) is 0 Å². The number of aryl methyl sites for hydroxylation is 1. The number of aromatic nitrogens is 3. The fourth-order valence-electron chi connectivity index (χ4n) is 5.08. The van der Waals surface area contributed by atoms with Crippen LogP contribution in [0.5, 0.6) is 11.5 Å². The number of amides is 1. The average molecular weight is 447 g/mol. The summed E-state index contributed by atoms with van der Waals surface area (Å²) in [7, 11) is 0. The van der Waals surface area contributed by atoms with Crippen molar-refractivity contribution in [3.05, 3.63) is 47.3 Å². The number of fused-ring (bicyclic) bond motifs is 2. The molecule has 0 saturated carbocycles. The van der Waals surface area contributed by atoms with Crippen LogP contribution in [0, 0.1) is 12.3 Å². The van der Waals surface area contributed by atoms with Gasteiger partial charge in [0, 0.05) is 43.0 Å². The van der Waals surface area contributed by atoms with E-state index >= 15 is 0 Å². The summed E-state index contributed by atoms with van der Waals surface area (Å²) in [6, 6.07) is 7.33. The van der Waals surface area contributed by atoms with Gasteiger partial charge < -0.3 is 24.7 Å². The van der Waals surface area contributed by atoms with Gasteiger partial charge in [0.15, 0.2) is 17.1 Å². The topological polar surface area (TPSA) is 96.1 Å². The smallest absolute Gasteiger partial charge is 0.258 e. The second-order valence-corrected chi connectivity index (χ2v) is 8.94. The van der Waals surface area contributed by atoms with E-state index in [1.54, 1.807) is 6.07 Å². The molecule has 1 N–H and O–H groups in total. The number of rotatable bonds is 3. The van der Waals surface area contributed by atoms with Gasteiger partial charge in [-0.2, -0.15) is 5.10 Å². The molecule has 6 rings (SSSR count). The number of piperidine rings is 1. The minimum atomic E-state index is -0.116. The highest BCUT2D eigenvalue weighted by atomic mass is 16.7. The lowest BCUT2D eigenvalue weighted by Crippen LogP contribution is -2.38. The molecular weight excluding hydrogens is 420 g/mol. The first-order chi connectivity index (χ1) is 16.1. The number of benzene rings is 1. The lowest BCUT2D eigenvalue weighted by Gasteiger charge is -2.35. The largest absolute Gasteiger partial charge is 0.454 e. The monoisotopic (exact) mass is 446 g/mol. The fraction of sp³-hybridized carbons (Fsp3) is 0.417. The molecule has 0 unspecified atom stereocenters. The summed E-state index contributed by atoms with van der Waals surface area (Å²) in [6.45, 7) is 4.29. The molecular formula is C24H26N6O3. The van der Waals surface area contributed by atoms with Crippen LogP contribution in [0.4, 0.5) is 5.82 Å². The highest BCUT2D eigenvalue weighted by Crippen LogP contribution is 2.39. The number of carbonyl (C=O) groups excluding carboxylic acids is 1. The standard InChI is InChI=1S/C24H26N6O3/c1-15-12-30-21(26-23(15)28-10-8-16(25)13-28)11-18(27-30)19-6-2-3-9-29(19)24(31)17-5-4-7-20-22(17)33-14-32-20/h4-5,7,11-12,19,25H,2-3,6,8-10,13-14H2,1H3/t19-/m0/s1. The van der Waals surface area contributed by atoms with Crippen molar-refractivity contribution in [3.8, 4) is 11.5 Å². The number of carbonyl (C=O) groups is 1. The lowest BCUT2D eigenvalue weighted by molar-refractivity contribution is 0.0601. The predicted octanol–water partition coefficient (Wildman–Crippen LogP) is 3.36. The quantitative estimate of drug-likeness (QED) is 0.663. The van der Waals surface area contributed by atoms with Crippen LogP contribution in [-0.2, 0) is 0 Å². The van der Waals surface area contributed by atoms with E-state index < -0.39 is 0 Å². The summed E-state index contributed by atoms with van der Waals surface area (Å²) in [6.07, 6.45) is 5.64. The van der Waals surface area contributed by atoms with Crippen LogP contribution in [0.3, 0.4) is 0 Å². The van der Waals surface area contributed by atoms with E-state index in [2.05, 4.69) is 4.90 Å². The van der Waals surface area contributed by atoms with E-state index in [0.717, 1.165) is 60.7 Å². The predicted molar refractivity (Wildman–Crippen MR) is 122 cm³/mol. The molecule has 1 atom stereocenters. The number of hydrogen-bond acceptors (Lipinski definition) is 7. The highest BCUT2D eigenvalue weighted by molar-refractivity contribution is 5.98. The van der Waals surface area contributed by atoms with Crippen LogP contribution in [-0.4, -0.2) is 57.5 Å². The Labute approximate surface area is 191 Å². The summed E-state index contributed by atoms with van der Waals surface area (Å²) < 4.78 is 12.9. The van der Waals surface area contributed by atoms with Gasteiger partial charge in [0.25, 0.3) is 5.91 Å². The maximum atomic E-state index is 13.6. The number of para-hydroxylation sites is 1. The van der Waals surface area contributed by atoms with Crippen molar-refractivity contribution >= 4 is 23.1 Å². The zero-order chi connectivity index (χ0) is 22.5. The van der Waals surface area contributed by atoms with E-state index in [0.29, 0.717) is 30.2 Å². The Kier molecular flexibility index (Phi) is 4.70. The molecule has 170 valence electrons.